The van der Waals surface area contributed by atoms with Gasteiger partial charge in [0.1, 0.15) is 17.4 Å². The molecule has 0 bridgehead atoms. The lowest BCUT2D eigenvalue weighted by molar-refractivity contribution is -0.330. The molecule has 40 heavy (non-hydrogen) atoms. The van der Waals surface area contributed by atoms with Crippen LogP contribution in [0.15, 0.2) is 109 Å². The summed E-state index contributed by atoms with van der Waals surface area (Å²) in [6.45, 7) is 0.201. The second-order valence-corrected chi connectivity index (χ2v) is 9.62. The molecular weight excluding hydrogens is 507 g/mol. The predicted octanol–water partition coefficient (Wildman–Crippen LogP) is 6.64. The summed E-state index contributed by atoms with van der Waals surface area (Å²) in [5.74, 6) is -0.212. The van der Waals surface area contributed by atoms with Crippen LogP contribution in [0.2, 0.25) is 0 Å². The minimum absolute atomic E-state index is 0.201. The van der Waals surface area contributed by atoms with Crippen molar-refractivity contribution in [3.63, 3.8) is 0 Å². The topological polar surface area (TPSA) is 60.9 Å². The molecule has 4 aromatic carbocycles. The molecule has 0 radical (unpaired) electrons. The number of amides is 1. The Hall–Kier alpha value is -4.59. The molecule has 0 N–H and O–H groups in total. The summed E-state index contributed by atoms with van der Waals surface area (Å²) in [7, 11) is 1.42. The van der Waals surface area contributed by atoms with E-state index in [1.54, 1.807) is 23.2 Å². The quantitative estimate of drug-likeness (QED) is 0.165. The molecule has 6 rings (SSSR count). The van der Waals surface area contributed by atoms with Gasteiger partial charge in [-0.2, -0.15) is 0 Å². The summed E-state index contributed by atoms with van der Waals surface area (Å²) >= 11 is 0. The average Bonchev–Trinajstić information content (AvgIpc) is 2.99. The molecule has 0 aliphatic carbocycles. The van der Waals surface area contributed by atoms with Gasteiger partial charge in [0.2, 0.25) is 0 Å². The molecule has 200 valence electrons. The summed E-state index contributed by atoms with van der Waals surface area (Å²) in [5.41, 5.74) is 4.46. The zero-order valence-electron chi connectivity index (χ0n) is 21.9. The molecule has 5 aromatic rings. The number of hydrogen-bond donors (Lipinski definition) is 0. The van der Waals surface area contributed by atoms with Crippen molar-refractivity contribution in [2.45, 2.75) is 25.3 Å². The molecule has 0 saturated heterocycles. The second-order valence-electron chi connectivity index (χ2n) is 9.62. The van der Waals surface area contributed by atoms with Gasteiger partial charge >= 0.3 is 0 Å². The van der Waals surface area contributed by atoms with E-state index in [1.807, 2.05) is 78.9 Å². The summed E-state index contributed by atoms with van der Waals surface area (Å²) in [6, 6.07) is 31.6. The summed E-state index contributed by atoms with van der Waals surface area (Å²) < 4.78 is 20.4. The zero-order chi connectivity index (χ0) is 27.5. The number of ether oxygens (including phenoxy) is 1. The van der Waals surface area contributed by atoms with E-state index in [-0.39, 0.29) is 18.3 Å². The van der Waals surface area contributed by atoms with Crippen LogP contribution in [0, 0.1) is 5.82 Å². The van der Waals surface area contributed by atoms with Crippen LogP contribution in [0.3, 0.4) is 0 Å². The number of pyridine rings is 1. The van der Waals surface area contributed by atoms with Crippen LogP contribution in [0.4, 0.5) is 4.39 Å². The number of nitrogens with zero attached hydrogens (tertiary/aromatic N) is 2. The van der Waals surface area contributed by atoms with Crippen LogP contribution in [0.1, 0.15) is 38.7 Å². The average molecular weight is 535 g/mol. The van der Waals surface area contributed by atoms with Crippen LogP contribution >= 0.6 is 0 Å². The van der Waals surface area contributed by atoms with Crippen molar-refractivity contribution in [2.24, 2.45) is 0 Å². The van der Waals surface area contributed by atoms with Crippen LogP contribution in [-0.4, -0.2) is 29.1 Å². The Morgan fingerprint density at radius 2 is 1.60 bits per heavy atom. The Bertz CT molecular complexity index is 1590. The zero-order valence-corrected chi connectivity index (χ0v) is 21.9. The Morgan fingerprint density at radius 3 is 2.25 bits per heavy atom. The number of carbonyl (C=O) groups is 1. The highest BCUT2D eigenvalue weighted by Gasteiger charge is 2.38. The highest BCUT2D eigenvalue weighted by atomic mass is 19.1. The molecular formula is C33H27FN2O4. The lowest BCUT2D eigenvalue weighted by Crippen LogP contribution is -2.46. The Morgan fingerprint density at radius 1 is 0.925 bits per heavy atom. The number of carbonyl (C=O) groups excluding carboxylic acids is 1. The van der Waals surface area contributed by atoms with Crippen molar-refractivity contribution < 1.29 is 23.7 Å². The fourth-order valence-electron chi connectivity index (χ4n) is 5.19. The molecule has 0 spiro atoms. The second kappa shape index (κ2) is 11.3. The largest absolute Gasteiger partial charge is 0.478 e. The maximum Gasteiger partial charge on any atom is 0.260 e. The number of hydrogen-bond acceptors (Lipinski definition) is 5. The smallest absolute Gasteiger partial charge is 0.260 e. The molecule has 0 fully saturated rings. The number of aromatic nitrogens is 1. The first-order valence-electron chi connectivity index (χ1n) is 13.0. The van der Waals surface area contributed by atoms with Crippen molar-refractivity contribution in [3.8, 4) is 5.75 Å². The van der Waals surface area contributed by atoms with Gasteiger partial charge in [-0.05, 0) is 46.5 Å². The van der Waals surface area contributed by atoms with Gasteiger partial charge in [0.05, 0.1) is 12.7 Å². The summed E-state index contributed by atoms with van der Waals surface area (Å²) in [6.07, 6.45) is 0.905. The minimum Gasteiger partial charge on any atom is -0.478 e. The van der Waals surface area contributed by atoms with E-state index in [0.29, 0.717) is 23.3 Å². The van der Waals surface area contributed by atoms with Crippen LogP contribution in [0.5, 0.6) is 5.75 Å². The van der Waals surface area contributed by atoms with E-state index < -0.39 is 12.3 Å². The van der Waals surface area contributed by atoms with E-state index in [2.05, 4.69) is 4.98 Å². The third-order valence-corrected chi connectivity index (χ3v) is 7.06. The van der Waals surface area contributed by atoms with Crippen LogP contribution in [-0.2, 0) is 22.7 Å². The SMILES string of the molecule is COOC1Cc2cc3cccnc3c(OC(c3ccccc3)c3ccccc3)c2C(=O)N1Cc1ccc(F)cc1. The first kappa shape index (κ1) is 25.7. The fraction of sp³-hybridized carbons (Fsp3) is 0.152. The first-order chi connectivity index (χ1) is 19.6. The van der Waals surface area contributed by atoms with Gasteiger partial charge in [-0.25, -0.2) is 14.2 Å². The third-order valence-electron chi connectivity index (χ3n) is 7.06. The molecule has 2 heterocycles. The molecule has 1 unspecified atom stereocenters. The Balaban J connectivity index is 1.50. The molecule has 1 aromatic heterocycles. The number of rotatable bonds is 8. The van der Waals surface area contributed by atoms with E-state index in [9.17, 15) is 9.18 Å². The fourth-order valence-corrected chi connectivity index (χ4v) is 5.19. The van der Waals surface area contributed by atoms with Crippen molar-refractivity contribution in [2.75, 3.05) is 7.11 Å². The van der Waals surface area contributed by atoms with Gasteiger partial charge in [-0.15, -0.1) is 0 Å². The van der Waals surface area contributed by atoms with Crippen molar-refractivity contribution in [1.29, 1.82) is 0 Å². The molecule has 0 saturated carbocycles. The van der Waals surface area contributed by atoms with E-state index in [0.717, 1.165) is 27.6 Å². The maximum absolute atomic E-state index is 14.3. The molecule has 7 heteroatoms. The van der Waals surface area contributed by atoms with E-state index in [4.69, 9.17) is 14.5 Å². The maximum atomic E-state index is 14.3. The van der Waals surface area contributed by atoms with Gasteiger partial charge < -0.3 is 9.64 Å². The van der Waals surface area contributed by atoms with Gasteiger partial charge in [0.25, 0.3) is 5.91 Å². The monoisotopic (exact) mass is 534 g/mol. The molecule has 1 aliphatic heterocycles. The van der Waals surface area contributed by atoms with Crippen molar-refractivity contribution >= 4 is 16.8 Å². The van der Waals surface area contributed by atoms with Gasteiger partial charge in [0, 0.05) is 24.5 Å². The lowest BCUT2D eigenvalue weighted by Gasteiger charge is -2.36. The molecule has 1 aliphatic rings. The van der Waals surface area contributed by atoms with Crippen LogP contribution < -0.4 is 4.74 Å². The number of halogens is 1. The number of benzene rings is 4. The lowest BCUT2D eigenvalue weighted by atomic mass is 9.93. The van der Waals surface area contributed by atoms with Crippen molar-refractivity contribution in [3.05, 3.63) is 143 Å². The predicted molar refractivity (Wildman–Crippen MR) is 149 cm³/mol. The highest BCUT2D eigenvalue weighted by molar-refractivity contribution is 6.05. The summed E-state index contributed by atoms with van der Waals surface area (Å²) in [5, 5.41) is 0.854. The molecule has 1 amide bonds. The van der Waals surface area contributed by atoms with Crippen LogP contribution in [0.25, 0.3) is 10.9 Å². The Kier molecular flexibility index (Phi) is 7.23. The molecule has 1 atom stereocenters. The standard InChI is InChI=1S/C33H27FN2O4/c1-38-40-28-20-26-19-25-13-8-18-35-30(25)32(29(26)33(37)36(28)21-22-14-16-27(34)17-15-22)39-31(23-9-4-2-5-10-23)24-11-6-3-7-12-24/h2-19,28,31H,20-21H2,1H3. The van der Waals surface area contributed by atoms with Gasteiger partial charge in [-0.3, -0.25) is 9.78 Å². The van der Waals surface area contributed by atoms with Gasteiger partial charge in [0.15, 0.2) is 12.0 Å². The molecule has 6 nitrogen and oxygen atoms in total. The van der Waals surface area contributed by atoms with E-state index >= 15 is 0 Å². The summed E-state index contributed by atoms with van der Waals surface area (Å²) in [4.78, 5) is 31.1. The normalized spacial score (nSPS) is 14.9. The third kappa shape index (κ3) is 5.04. The number of fused-ring (bicyclic) bond motifs is 2. The Labute approximate surface area is 231 Å². The highest BCUT2D eigenvalue weighted by Crippen LogP contribution is 2.40. The minimum atomic E-state index is -0.684. The van der Waals surface area contributed by atoms with Gasteiger partial charge in [-0.1, -0.05) is 78.9 Å². The first-order valence-corrected chi connectivity index (χ1v) is 13.0. The van der Waals surface area contributed by atoms with E-state index in [1.165, 1.54) is 19.2 Å². The van der Waals surface area contributed by atoms with Crippen molar-refractivity contribution in [1.82, 2.24) is 9.88 Å².